The zero-order valence-electron chi connectivity index (χ0n) is 8.14. The van der Waals surface area contributed by atoms with Gasteiger partial charge in [-0.1, -0.05) is 13.8 Å². The summed E-state index contributed by atoms with van der Waals surface area (Å²) in [5.41, 5.74) is 6.12. The predicted molar refractivity (Wildman–Crippen MR) is 51.1 cm³/mol. The van der Waals surface area contributed by atoms with Gasteiger partial charge in [0.2, 0.25) is 0 Å². The second-order valence-electron chi connectivity index (χ2n) is 3.64. The highest BCUT2D eigenvalue weighted by molar-refractivity contribution is 5.08. The Morgan fingerprint density at radius 2 is 2.31 bits per heavy atom. The van der Waals surface area contributed by atoms with E-state index in [1.54, 1.807) is 6.20 Å². The van der Waals surface area contributed by atoms with Crippen molar-refractivity contribution in [2.24, 2.45) is 11.7 Å². The fourth-order valence-corrected chi connectivity index (χ4v) is 1.16. The maximum absolute atomic E-state index is 9.40. The van der Waals surface area contributed by atoms with Crippen molar-refractivity contribution in [1.82, 2.24) is 9.78 Å². The Kier molecular flexibility index (Phi) is 3.45. The first-order chi connectivity index (χ1) is 6.13. The molecule has 0 radical (unpaired) electrons. The molecule has 0 spiro atoms. The van der Waals surface area contributed by atoms with Gasteiger partial charge in [-0.2, -0.15) is 5.10 Å². The molecular weight excluding hydrogens is 166 g/mol. The van der Waals surface area contributed by atoms with Crippen molar-refractivity contribution in [3.8, 4) is 0 Å². The summed E-state index contributed by atoms with van der Waals surface area (Å²) in [4.78, 5) is 0. The molecule has 4 nitrogen and oxygen atoms in total. The summed E-state index contributed by atoms with van der Waals surface area (Å²) in [6.07, 6.45) is 2.93. The second kappa shape index (κ2) is 4.39. The molecule has 1 aromatic rings. The van der Waals surface area contributed by atoms with Gasteiger partial charge in [0.25, 0.3) is 0 Å². The molecule has 1 heterocycles. The van der Waals surface area contributed by atoms with Crippen LogP contribution in [0.15, 0.2) is 12.4 Å². The fraction of sp³-hybridized carbons (Fsp3) is 0.667. The molecular formula is C9H17N3O. The summed E-state index contributed by atoms with van der Waals surface area (Å²) < 4.78 is 1.83. The second-order valence-corrected chi connectivity index (χ2v) is 3.64. The Morgan fingerprint density at radius 1 is 1.62 bits per heavy atom. The molecule has 4 heteroatoms. The number of rotatable bonds is 4. The summed E-state index contributed by atoms with van der Waals surface area (Å²) in [6, 6.07) is 0. The zero-order valence-corrected chi connectivity index (χ0v) is 8.14. The molecule has 1 atom stereocenters. The molecule has 0 unspecified atom stereocenters. The highest BCUT2D eigenvalue weighted by Crippen LogP contribution is 2.10. The number of nitrogens with two attached hydrogens (primary N) is 1. The topological polar surface area (TPSA) is 64.1 Å². The third-order valence-corrected chi connectivity index (χ3v) is 1.81. The van der Waals surface area contributed by atoms with Crippen LogP contribution in [-0.2, 0) is 6.54 Å². The number of aliphatic hydroxyl groups excluding tert-OH is 1. The molecule has 0 saturated heterocycles. The molecule has 0 amide bonds. The summed E-state index contributed by atoms with van der Waals surface area (Å²) >= 11 is 0. The van der Waals surface area contributed by atoms with Gasteiger partial charge in [0.05, 0.1) is 12.3 Å². The molecule has 0 aliphatic rings. The van der Waals surface area contributed by atoms with Crippen LogP contribution >= 0.6 is 0 Å². The number of aromatic nitrogens is 2. The van der Waals surface area contributed by atoms with E-state index in [2.05, 4.69) is 18.9 Å². The third kappa shape index (κ3) is 2.82. The van der Waals surface area contributed by atoms with Crippen molar-refractivity contribution in [1.29, 1.82) is 0 Å². The van der Waals surface area contributed by atoms with Crippen LogP contribution in [-0.4, -0.2) is 21.4 Å². The Labute approximate surface area is 78.4 Å². The van der Waals surface area contributed by atoms with Gasteiger partial charge in [0, 0.05) is 24.8 Å². The van der Waals surface area contributed by atoms with E-state index >= 15 is 0 Å². The monoisotopic (exact) mass is 183 g/mol. The van der Waals surface area contributed by atoms with E-state index in [1.807, 2.05) is 10.9 Å². The van der Waals surface area contributed by atoms with Crippen LogP contribution in [0.4, 0.5) is 0 Å². The lowest BCUT2D eigenvalue weighted by atomic mass is 10.2. The maximum atomic E-state index is 9.40. The number of hydrogen-bond acceptors (Lipinski definition) is 3. The minimum Gasteiger partial charge on any atom is -0.387 e. The summed E-state index contributed by atoms with van der Waals surface area (Å²) in [6.45, 7) is 5.37. The number of hydrogen-bond donors (Lipinski definition) is 2. The molecule has 0 aliphatic carbocycles. The molecule has 3 N–H and O–H groups in total. The Morgan fingerprint density at radius 3 is 2.85 bits per heavy atom. The summed E-state index contributed by atoms with van der Waals surface area (Å²) in [5.74, 6) is 0.558. The van der Waals surface area contributed by atoms with Crippen LogP contribution in [0.2, 0.25) is 0 Å². The van der Waals surface area contributed by atoms with E-state index in [1.165, 1.54) is 0 Å². The minimum atomic E-state index is -0.582. The number of nitrogens with zero attached hydrogens (tertiary/aromatic N) is 2. The van der Waals surface area contributed by atoms with Gasteiger partial charge >= 0.3 is 0 Å². The van der Waals surface area contributed by atoms with Crippen LogP contribution < -0.4 is 5.73 Å². The lowest BCUT2D eigenvalue weighted by Gasteiger charge is -2.05. The van der Waals surface area contributed by atoms with Gasteiger partial charge in [-0.3, -0.25) is 4.68 Å². The molecule has 0 fully saturated rings. The number of aliphatic hydroxyl groups is 1. The van der Waals surface area contributed by atoms with Crippen molar-refractivity contribution in [2.75, 3.05) is 6.54 Å². The molecule has 0 aliphatic heterocycles. The van der Waals surface area contributed by atoms with Gasteiger partial charge in [-0.15, -0.1) is 0 Å². The van der Waals surface area contributed by atoms with Crippen LogP contribution in [0.5, 0.6) is 0 Å². The average molecular weight is 183 g/mol. The molecule has 74 valence electrons. The first-order valence-electron chi connectivity index (χ1n) is 4.54. The van der Waals surface area contributed by atoms with Crippen molar-refractivity contribution >= 4 is 0 Å². The van der Waals surface area contributed by atoms with Gasteiger partial charge in [-0.05, 0) is 5.92 Å². The Hall–Kier alpha value is -0.870. The van der Waals surface area contributed by atoms with E-state index < -0.39 is 6.10 Å². The van der Waals surface area contributed by atoms with Crippen molar-refractivity contribution in [2.45, 2.75) is 26.5 Å². The van der Waals surface area contributed by atoms with E-state index in [9.17, 15) is 5.11 Å². The summed E-state index contributed by atoms with van der Waals surface area (Å²) in [7, 11) is 0. The molecule has 1 aromatic heterocycles. The quantitative estimate of drug-likeness (QED) is 0.715. The van der Waals surface area contributed by atoms with Crippen molar-refractivity contribution in [3.05, 3.63) is 18.0 Å². The fourth-order valence-electron chi connectivity index (χ4n) is 1.16. The van der Waals surface area contributed by atoms with E-state index in [0.717, 1.165) is 12.1 Å². The van der Waals surface area contributed by atoms with Crippen molar-refractivity contribution < 1.29 is 5.11 Å². The van der Waals surface area contributed by atoms with E-state index in [-0.39, 0.29) is 6.54 Å². The first-order valence-corrected chi connectivity index (χ1v) is 4.54. The SMILES string of the molecule is CC(C)Cn1cc([C@@H](O)CN)cn1. The first kappa shape index (κ1) is 10.2. The van der Waals surface area contributed by atoms with E-state index in [0.29, 0.717) is 5.92 Å². The Bertz CT molecular complexity index is 257. The Balaban J connectivity index is 2.63. The molecule has 13 heavy (non-hydrogen) atoms. The van der Waals surface area contributed by atoms with Gasteiger partial charge in [0.1, 0.15) is 0 Å². The lowest BCUT2D eigenvalue weighted by Crippen LogP contribution is -2.11. The van der Waals surface area contributed by atoms with Gasteiger partial charge in [-0.25, -0.2) is 0 Å². The van der Waals surface area contributed by atoms with E-state index in [4.69, 9.17) is 5.73 Å². The van der Waals surface area contributed by atoms with Gasteiger partial charge in [0.15, 0.2) is 0 Å². The maximum Gasteiger partial charge on any atom is 0.0942 e. The van der Waals surface area contributed by atoms with Crippen molar-refractivity contribution in [3.63, 3.8) is 0 Å². The molecule has 1 rings (SSSR count). The summed E-state index contributed by atoms with van der Waals surface area (Å²) in [5, 5.41) is 13.5. The standard InChI is InChI=1S/C9H17N3O/c1-7(2)5-12-6-8(4-11-12)9(13)3-10/h4,6-7,9,13H,3,5,10H2,1-2H3/t9-/m0/s1. The lowest BCUT2D eigenvalue weighted by molar-refractivity contribution is 0.186. The molecule has 0 saturated carbocycles. The third-order valence-electron chi connectivity index (χ3n) is 1.81. The predicted octanol–water partition coefficient (Wildman–Crippen LogP) is 0.531. The minimum absolute atomic E-state index is 0.243. The normalized spacial score (nSPS) is 13.6. The van der Waals surface area contributed by atoms with Gasteiger partial charge < -0.3 is 10.8 Å². The highest BCUT2D eigenvalue weighted by atomic mass is 16.3. The van der Waals surface area contributed by atoms with Crippen LogP contribution in [0.3, 0.4) is 0 Å². The van der Waals surface area contributed by atoms with Crippen LogP contribution in [0.25, 0.3) is 0 Å². The average Bonchev–Trinajstić information content (AvgIpc) is 2.50. The molecule has 0 bridgehead atoms. The largest absolute Gasteiger partial charge is 0.387 e. The smallest absolute Gasteiger partial charge is 0.0942 e. The highest BCUT2D eigenvalue weighted by Gasteiger charge is 2.07. The van der Waals surface area contributed by atoms with Crippen LogP contribution in [0, 0.1) is 5.92 Å². The molecule has 0 aromatic carbocycles. The zero-order chi connectivity index (χ0) is 9.84. The van der Waals surface area contributed by atoms with Crippen LogP contribution in [0.1, 0.15) is 25.5 Å².